The first kappa shape index (κ1) is 39.9. The number of anilines is 2. The van der Waals surface area contributed by atoms with Crippen LogP contribution in [-0.4, -0.2) is 82.1 Å². The van der Waals surface area contributed by atoms with Crippen molar-refractivity contribution in [1.29, 1.82) is 0 Å². The predicted octanol–water partition coefficient (Wildman–Crippen LogP) is 7.18. The van der Waals surface area contributed by atoms with Crippen molar-refractivity contribution < 1.29 is 23.7 Å². The number of nitrogens with one attached hydrogen (secondary N) is 1. The molecule has 0 fully saturated rings. The highest BCUT2D eigenvalue weighted by molar-refractivity contribution is 6.41. The lowest BCUT2D eigenvalue weighted by molar-refractivity contribution is -0.880. The van der Waals surface area contributed by atoms with Crippen molar-refractivity contribution in [3.05, 3.63) is 126 Å². The smallest absolute Gasteiger partial charge is 0.368 e. The van der Waals surface area contributed by atoms with Gasteiger partial charge in [-0.05, 0) is 41.2 Å². The normalized spacial score (nSPS) is 13.5. The van der Waals surface area contributed by atoms with Crippen LogP contribution in [0.3, 0.4) is 0 Å². The Kier molecular flexibility index (Phi) is 11.7. The maximum Gasteiger partial charge on any atom is 0.368 e. The fraction of sp³-hybridized carbons (Fsp3) is 0.275. The number of carbonyl (C=O) groups is 1. The van der Waals surface area contributed by atoms with E-state index in [1.807, 2.05) is 58.4 Å². The lowest BCUT2D eigenvalue weighted by Crippen LogP contribution is -2.41. The number of likely N-dealkylation sites (N-methyl/N-ethyl adjacent to an activating group) is 1. The molecule has 14 nitrogen and oxygen atoms in total. The van der Waals surface area contributed by atoms with Crippen molar-refractivity contribution in [2.75, 3.05) is 46.7 Å². The predicted molar refractivity (Wildman–Crippen MR) is 218 cm³/mol. The zero-order chi connectivity index (χ0) is 40.3. The molecule has 0 spiro atoms. The van der Waals surface area contributed by atoms with Crippen LogP contribution in [0.5, 0.6) is 11.5 Å². The SMILES string of the molecule is COc1cc(OC)c(Cl)c(-c2cc3cnc(Nc4ccn(C)n4)cc3n(C(C)c3cccc(CC(=O)/C=C/C[N+](C)(C)CC4=C([N+](=O)[O-])N=CC4)c3)c2=O)c1Cl. The number of halogens is 2. The highest BCUT2D eigenvalue weighted by Gasteiger charge is 2.29. The third kappa shape index (κ3) is 8.52. The van der Waals surface area contributed by atoms with E-state index in [1.54, 1.807) is 58.2 Å². The minimum atomic E-state index is -0.540. The molecule has 1 atom stereocenters. The van der Waals surface area contributed by atoms with Gasteiger partial charge in [0.25, 0.3) is 5.56 Å². The summed E-state index contributed by atoms with van der Waals surface area (Å²) in [4.78, 5) is 47.4. The number of benzene rings is 2. The number of carbonyl (C=O) groups excluding carboxylic acids is 1. The van der Waals surface area contributed by atoms with Crippen LogP contribution in [-0.2, 0) is 18.3 Å². The van der Waals surface area contributed by atoms with Gasteiger partial charge in [0.2, 0.25) is 0 Å². The van der Waals surface area contributed by atoms with Crippen LogP contribution < -0.4 is 20.3 Å². The van der Waals surface area contributed by atoms with Gasteiger partial charge in [0.15, 0.2) is 11.6 Å². The van der Waals surface area contributed by atoms with Crippen molar-refractivity contribution in [1.82, 2.24) is 19.3 Å². The van der Waals surface area contributed by atoms with E-state index in [2.05, 4.69) is 20.4 Å². The molecule has 0 saturated heterocycles. The zero-order valence-electron chi connectivity index (χ0n) is 31.7. The maximum atomic E-state index is 14.8. The Balaban J connectivity index is 1.34. The molecule has 1 unspecified atom stereocenters. The first-order valence-electron chi connectivity index (χ1n) is 17.6. The van der Waals surface area contributed by atoms with E-state index in [1.165, 1.54) is 14.2 Å². The standard InChI is InChI=1S/C40H40Cl2N8O6/c1-24(26-10-7-9-25(17-26)18-29(51)11-8-16-50(3,4)23-27-12-14-43-39(27)49(53)54)48-31-20-35(45-34-13-15-47(2)46-34)44-22-28(31)19-30(40(48)52)36-37(41)32(55-5)21-33(56-6)38(36)42/h7-11,13-15,17,19-22,24H,12,16,18,23H2,1-6H3/p+1/b11-8+. The lowest BCUT2D eigenvalue weighted by Gasteiger charge is -2.28. The Labute approximate surface area is 333 Å². The Morgan fingerprint density at radius 2 is 1.82 bits per heavy atom. The van der Waals surface area contributed by atoms with Crippen molar-refractivity contribution >= 4 is 57.7 Å². The lowest BCUT2D eigenvalue weighted by atomic mass is 9.99. The molecule has 6 rings (SSSR count). The molecule has 56 heavy (non-hydrogen) atoms. The molecule has 4 heterocycles. The highest BCUT2D eigenvalue weighted by atomic mass is 35.5. The number of hydrogen-bond donors (Lipinski definition) is 1. The summed E-state index contributed by atoms with van der Waals surface area (Å²) in [6.45, 7) is 2.83. The van der Waals surface area contributed by atoms with E-state index in [0.29, 0.717) is 52.1 Å². The van der Waals surface area contributed by atoms with E-state index in [9.17, 15) is 19.7 Å². The van der Waals surface area contributed by atoms with Gasteiger partial charge in [-0.2, -0.15) is 5.10 Å². The van der Waals surface area contributed by atoms with Crippen molar-refractivity contribution in [2.24, 2.45) is 12.0 Å². The van der Waals surface area contributed by atoms with Gasteiger partial charge in [-0.1, -0.05) is 52.5 Å². The third-order valence-electron chi connectivity index (χ3n) is 9.50. The first-order chi connectivity index (χ1) is 26.7. The molecule has 2 aromatic carbocycles. The fourth-order valence-electron chi connectivity index (χ4n) is 6.76. The second-order valence-electron chi connectivity index (χ2n) is 14.1. The third-order valence-corrected chi connectivity index (χ3v) is 10.2. The van der Waals surface area contributed by atoms with Gasteiger partial charge in [0.1, 0.15) is 30.1 Å². The number of rotatable bonds is 15. The fourth-order valence-corrected chi connectivity index (χ4v) is 7.46. The van der Waals surface area contributed by atoms with Crippen LogP contribution in [0.4, 0.5) is 11.6 Å². The average Bonchev–Trinajstić information content (AvgIpc) is 3.79. The maximum absolute atomic E-state index is 14.8. The summed E-state index contributed by atoms with van der Waals surface area (Å²) in [6.07, 6.45) is 8.93. The van der Waals surface area contributed by atoms with Crippen LogP contribution in [0.2, 0.25) is 10.0 Å². The Hall–Kier alpha value is -5.83. The number of methoxy groups -OCH3 is 2. The second kappa shape index (κ2) is 16.5. The minimum absolute atomic E-state index is 0.0984. The minimum Gasteiger partial charge on any atom is -0.495 e. The summed E-state index contributed by atoms with van der Waals surface area (Å²) in [5, 5.41) is 19.9. The van der Waals surface area contributed by atoms with Crippen LogP contribution in [0.25, 0.3) is 22.0 Å². The number of aryl methyl sites for hydroxylation is 1. The Morgan fingerprint density at radius 1 is 1.09 bits per heavy atom. The number of ether oxygens (including phenoxy) is 2. The average molecular weight is 801 g/mol. The number of allylic oxidation sites excluding steroid dienone is 1. The van der Waals surface area contributed by atoms with Gasteiger partial charge >= 0.3 is 5.82 Å². The van der Waals surface area contributed by atoms with Crippen LogP contribution >= 0.6 is 23.2 Å². The van der Waals surface area contributed by atoms with Gasteiger partial charge in [-0.3, -0.25) is 14.3 Å². The molecular weight excluding hydrogens is 759 g/mol. The molecule has 5 aromatic rings. The van der Waals surface area contributed by atoms with Crippen molar-refractivity contribution in [2.45, 2.75) is 25.8 Å². The van der Waals surface area contributed by atoms with Crippen molar-refractivity contribution in [3.63, 3.8) is 0 Å². The van der Waals surface area contributed by atoms with E-state index in [0.717, 1.165) is 11.1 Å². The van der Waals surface area contributed by atoms with E-state index in [-0.39, 0.29) is 56.3 Å². The largest absolute Gasteiger partial charge is 0.495 e. The summed E-state index contributed by atoms with van der Waals surface area (Å²) < 4.78 is 14.8. The second-order valence-corrected chi connectivity index (χ2v) is 14.8. The summed E-state index contributed by atoms with van der Waals surface area (Å²) in [5.41, 5.74) is 2.88. The molecule has 0 saturated carbocycles. The molecule has 1 N–H and O–H groups in total. The molecule has 0 amide bonds. The van der Waals surface area contributed by atoms with E-state index < -0.39 is 11.0 Å². The quantitative estimate of drug-likeness (QED) is 0.0502. The number of pyridine rings is 2. The number of nitrogens with zero attached hydrogens (tertiary/aromatic N) is 7. The number of hydrogen-bond acceptors (Lipinski definition) is 10. The van der Waals surface area contributed by atoms with Gasteiger partial charge in [0.05, 0.1) is 67.6 Å². The van der Waals surface area contributed by atoms with Crippen LogP contribution in [0.15, 0.2) is 94.3 Å². The van der Waals surface area contributed by atoms with Gasteiger partial charge in [-0.15, -0.1) is 0 Å². The zero-order valence-corrected chi connectivity index (χ0v) is 33.3. The van der Waals surface area contributed by atoms with Gasteiger partial charge in [0, 0.05) is 61.4 Å². The monoisotopic (exact) mass is 799 g/mol. The molecular formula is C40H41Cl2N8O6+. The summed E-state index contributed by atoms with van der Waals surface area (Å²) in [5.74, 6) is 1.42. The first-order valence-corrected chi connectivity index (χ1v) is 18.4. The number of nitro groups is 1. The number of quaternary nitrogens is 1. The number of aliphatic imine (C=N–C) groups is 1. The van der Waals surface area contributed by atoms with E-state index in [4.69, 9.17) is 32.7 Å². The van der Waals surface area contributed by atoms with Crippen molar-refractivity contribution in [3.8, 4) is 22.6 Å². The summed E-state index contributed by atoms with van der Waals surface area (Å²) >= 11 is 13.7. The highest BCUT2D eigenvalue weighted by Crippen LogP contribution is 2.45. The Morgan fingerprint density at radius 3 is 2.48 bits per heavy atom. The molecule has 290 valence electrons. The van der Waals surface area contributed by atoms with E-state index >= 15 is 0 Å². The van der Waals surface area contributed by atoms with Gasteiger partial charge < -0.3 is 34.0 Å². The number of fused-ring (bicyclic) bond motifs is 1. The van der Waals surface area contributed by atoms with Gasteiger partial charge in [-0.25, -0.2) is 4.98 Å². The molecule has 0 aliphatic carbocycles. The summed E-state index contributed by atoms with van der Waals surface area (Å²) in [6, 6.07) is 13.9. The van der Waals surface area contributed by atoms with Crippen LogP contribution in [0, 0.1) is 10.1 Å². The topological polar surface area (TPSA) is 156 Å². The molecule has 1 aliphatic heterocycles. The Bertz CT molecular complexity index is 2480. The number of ketones is 1. The molecule has 3 aromatic heterocycles. The molecule has 1 aliphatic rings. The molecule has 0 bridgehead atoms. The van der Waals surface area contributed by atoms with Crippen LogP contribution in [0.1, 0.15) is 30.5 Å². The molecule has 0 radical (unpaired) electrons. The summed E-state index contributed by atoms with van der Waals surface area (Å²) in [7, 11) is 8.64. The molecule has 16 heteroatoms. The number of aromatic nitrogens is 4.